The first kappa shape index (κ1) is 14.4. The van der Waals surface area contributed by atoms with Crippen LogP contribution in [-0.4, -0.2) is 12.6 Å². The molecule has 1 aromatic rings. The van der Waals surface area contributed by atoms with Crippen LogP contribution in [0.5, 0.6) is 0 Å². The lowest BCUT2D eigenvalue weighted by Gasteiger charge is -2.24. The Kier molecular flexibility index (Phi) is 5.28. The fourth-order valence-electron chi connectivity index (χ4n) is 2.81. The Morgan fingerprint density at radius 3 is 2.16 bits per heavy atom. The van der Waals surface area contributed by atoms with E-state index in [9.17, 15) is 8.78 Å². The molecule has 2 rings (SSSR count). The van der Waals surface area contributed by atoms with E-state index >= 15 is 0 Å². The second kappa shape index (κ2) is 6.96. The molecule has 0 heterocycles. The number of hydrogen-bond acceptors (Lipinski definition) is 2. The molecular weight excluding hydrogens is 246 g/mol. The molecule has 1 aliphatic carbocycles. The number of nitrogens with one attached hydrogen (secondary N) is 1. The Hall–Kier alpha value is -1.00. The van der Waals surface area contributed by atoms with Crippen molar-refractivity contribution < 1.29 is 8.78 Å². The van der Waals surface area contributed by atoms with E-state index in [0.29, 0.717) is 18.2 Å². The Morgan fingerprint density at radius 2 is 1.63 bits per heavy atom. The molecule has 1 aromatic carbocycles. The van der Waals surface area contributed by atoms with Crippen LogP contribution in [0.25, 0.3) is 0 Å². The molecule has 3 N–H and O–H groups in total. The second-order valence-electron chi connectivity index (χ2n) is 5.35. The van der Waals surface area contributed by atoms with Crippen molar-refractivity contribution in [3.05, 3.63) is 35.4 Å². The summed E-state index contributed by atoms with van der Waals surface area (Å²) >= 11 is 0. The summed E-state index contributed by atoms with van der Waals surface area (Å²) in [5.74, 6) is -1.09. The van der Waals surface area contributed by atoms with Crippen molar-refractivity contribution in [3.63, 3.8) is 0 Å². The number of halogens is 2. The third-order valence-corrected chi connectivity index (χ3v) is 3.82. The van der Waals surface area contributed by atoms with E-state index in [1.54, 1.807) is 0 Å². The molecule has 0 aromatic heterocycles. The highest BCUT2D eigenvalue weighted by Crippen LogP contribution is 2.22. The van der Waals surface area contributed by atoms with Gasteiger partial charge in [-0.25, -0.2) is 8.78 Å². The molecule has 106 valence electrons. The molecule has 0 spiro atoms. The Balaban J connectivity index is 2.05. The largest absolute Gasteiger partial charge is 0.329 e. The lowest BCUT2D eigenvalue weighted by atomic mass is 10.0. The van der Waals surface area contributed by atoms with Crippen LogP contribution in [-0.2, 0) is 0 Å². The van der Waals surface area contributed by atoms with Crippen molar-refractivity contribution in [1.29, 1.82) is 0 Å². The van der Waals surface area contributed by atoms with Gasteiger partial charge in [-0.2, -0.15) is 0 Å². The first-order chi connectivity index (χ1) is 9.19. The third-order valence-electron chi connectivity index (χ3n) is 3.82. The van der Waals surface area contributed by atoms with Crippen molar-refractivity contribution in [2.45, 2.75) is 50.6 Å². The molecule has 1 unspecified atom stereocenters. The van der Waals surface area contributed by atoms with Gasteiger partial charge in [0, 0.05) is 24.7 Å². The van der Waals surface area contributed by atoms with Crippen LogP contribution >= 0.6 is 0 Å². The standard InChI is InChI=1S/C15H22F2N2/c16-12-7-11(8-13(17)9-12)15(10-18)19-14-5-3-1-2-4-6-14/h7-9,14-15,19H,1-6,10,18H2. The number of benzene rings is 1. The van der Waals surface area contributed by atoms with Crippen LogP contribution in [0, 0.1) is 11.6 Å². The van der Waals surface area contributed by atoms with Gasteiger partial charge in [0.15, 0.2) is 0 Å². The van der Waals surface area contributed by atoms with Gasteiger partial charge in [0.05, 0.1) is 0 Å². The summed E-state index contributed by atoms with van der Waals surface area (Å²) in [6.07, 6.45) is 7.22. The average molecular weight is 268 g/mol. The van der Waals surface area contributed by atoms with Crippen LogP contribution in [0.1, 0.15) is 50.1 Å². The van der Waals surface area contributed by atoms with Gasteiger partial charge >= 0.3 is 0 Å². The monoisotopic (exact) mass is 268 g/mol. The molecule has 1 atom stereocenters. The van der Waals surface area contributed by atoms with Crippen molar-refractivity contribution >= 4 is 0 Å². The summed E-state index contributed by atoms with van der Waals surface area (Å²) in [7, 11) is 0. The topological polar surface area (TPSA) is 38.0 Å². The lowest BCUT2D eigenvalue weighted by molar-refractivity contribution is 0.400. The van der Waals surface area contributed by atoms with Gasteiger partial charge in [-0.05, 0) is 30.5 Å². The summed E-state index contributed by atoms with van der Waals surface area (Å²) in [5.41, 5.74) is 6.35. The zero-order valence-electron chi connectivity index (χ0n) is 11.2. The molecule has 0 saturated heterocycles. The van der Waals surface area contributed by atoms with Crippen LogP contribution in [0.2, 0.25) is 0 Å². The summed E-state index contributed by atoms with van der Waals surface area (Å²) in [6, 6.07) is 3.85. The Morgan fingerprint density at radius 1 is 1.05 bits per heavy atom. The summed E-state index contributed by atoms with van der Waals surface area (Å²) in [6.45, 7) is 0.347. The summed E-state index contributed by atoms with van der Waals surface area (Å²) in [4.78, 5) is 0. The maximum Gasteiger partial charge on any atom is 0.126 e. The van der Waals surface area contributed by atoms with Crippen molar-refractivity contribution in [3.8, 4) is 0 Å². The van der Waals surface area contributed by atoms with Gasteiger partial charge in [-0.1, -0.05) is 25.7 Å². The fraction of sp³-hybridized carbons (Fsp3) is 0.600. The lowest BCUT2D eigenvalue weighted by Crippen LogP contribution is -2.36. The van der Waals surface area contributed by atoms with Crippen molar-refractivity contribution in [1.82, 2.24) is 5.32 Å². The molecule has 1 aliphatic rings. The number of hydrogen-bond donors (Lipinski definition) is 2. The van der Waals surface area contributed by atoms with Gasteiger partial charge in [0.1, 0.15) is 11.6 Å². The Labute approximate surface area is 113 Å². The predicted octanol–water partition coefficient (Wildman–Crippen LogP) is 3.28. The van der Waals surface area contributed by atoms with E-state index in [4.69, 9.17) is 5.73 Å². The SMILES string of the molecule is NCC(NC1CCCCCC1)c1cc(F)cc(F)c1. The van der Waals surface area contributed by atoms with Crippen LogP contribution in [0.15, 0.2) is 18.2 Å². The highest BCUT2D eigenvalue weighted by molar-refractivity contribution is 5.22. The zero-order chi connectivity index (χ0) is 13.7. The first-order valence-electron chi connectivity index (χ1n) is 7.11. The molecule has 0 radical (unpaired) electrons. The van der Waals surface area contributed by atoms with Crippen LogP contribution < -0.4 is 11.1 Å². The molecule has 0 bridgehead atoms. The zero-order valence-corrected chi connectivity index (χ0v) is 11.2. The molecule has 19 heavy (non-hydrogen) atoms. The molecule has 1 saturated carbocycles. The second-order valence-corrected chi connectivity index (χ2v) is 5.35. The van der Waals surface area contributed by atoms with E-state index in [2.05, 4.69) is 5.32 Å². The highest BCUT2D eigenvalue weighted by atomic mass is 19.1. The maximum absolute atomic E-state index is 13.3. The van der Waals surface area contributed by atoms with Crippen LogP contribution in [0.3, 0.4) is 0 Å². The maximum atomic E-state index is 13.3. The van der Waals surface area contributed by atoms with Crippen molar-refractivity contribution in [2.24, 2.45) is 5.73 Å². The summed E-state index contributed by atoms with van der Waals surface area (Å²) < 4.78 is 26.5. The van der Waals surface area contributed by atoms with Gasteiger partial charge < -0.3 is 11.1 Å². The van der Waals surface area contributed by atoms with Crippen LogP contribution in [0.4, 0.5) is 8.78 Å². The normalized spacial score (nSPS) is 19.1. The van der Waals surface area contributed by atoms with Crippen molar-refractivity contribution in [2.75, 3.05) is 6.54 Å². The Bertz CT molecular complexity index is 381. The molecule has 4 heteroatoms. The van der Waals surface area contributed by atoms with E-state index in [0.717, 1.165) is 18.9 Å². The molecule has 1 fully saturated rings. The van der Waals surface area contributed by atoms with Gasteiger partial charge in [-0.15, -0.1) is 0 Å². The number of nitrogens with two attached hydrogens (primary N) is 1. The van der Waals surface area contributed by atoms with E-state index < -0.39 is 11.6 Å². The predicted molar refractivity (Wildman–Crippen MR) is 72.8 cm³/mol. The minimum atomic E-state index is -0.545. The van der Waals surface area contributed by atoms with Gasteiger partial charge in [0.25, 0.3) is 0 Å². The average Bonchev–Trinajstić information content (AvgIpc) is 2.63. The smallest absolute Gasteiger partial charge is 0.126 e. The van der Waals surface area contributed by atoms with Gasteiger partial charge in [-0.3, -0.25) is 0 Å². The molecule has 0 amide bonds. The summed E-state index contributed by atoms with van der Waals surface area (Å²) in [5, 5.41) is 3.46. The minimum Gasteiger partial charge on any atom is -0.329 e. The molecule has 2 nitrogen and oxygen atoms in total. The van der Waals surface area contributed by atoms with E-state index in [1.807, 2.05) is 0 Å². The third kappa shape index (κ3) is 4.25. The van der Waals surface area contributed by atoms with E-state index in [-0.39, 0.29) is 6.04 Å². The minimum absolute atomic E-state index is 0.173. The van der Waals surface area contributed by atoms with E-state index in [1.165, 1.54) is 37.8 Å². The fourth-order valence-corrected chi connectivity index (χ4v) is 2.81. The molecular formula is C15H22F2N2. The first-order valence-corrected chi connectivity index (χ1v) is 7.11. The number of rotatable bonds is 4. The van der Waals surface area contributed by atoms with Gasteiger partial charge in [0.2, 0.25) is 0 Å². The molecule has 0 aliphatic heterocycles. The highest BCUT2D eigenvalue weighted by Gasteiger charge is 2.18. The quantitative estimate of drug-likeness (QED) is 0.822.